The molecular formula is C17H20O2S. The Morgan fingerprint density at radius 2 is 1.90 bits per heavy atom. The van der Waals surface area contributed by atoms with Gasteiger partial charge in [-0.3, -0.25) is 0 Å². The Hall–Kier alpha value is -1.45. The summed E-state index contributed by atoms with van der Waals surface area (Å²) in [4.78, 5) is 1.07. The van der Waals surface area contributed by atoms with Crippen molar-refractivity contribution in [1.29, 1.82) is 0 Å². The van der Waals surface area contributed by atoms with E-state index in [1.54, 1.807) is 25.8 Å². The van der Waals surface area contributed by atoms with E-state index >= 15 is 0 Å². The predicted octanol–water partition coefficient (Wildman–Crippen LogP) is 4.35. The second kappa shape index (κ2) is 6.82. The van der Waals surface area contributed by atoms with Gasteiger partial charge in [-0.25, -0.2) is 0 Å². The van der Waals surface area contributed by atoms with E-state index < -0.39 is 6.10 Å². The molecule has 0 aliphatic rings. The Balaban J connectivity index is 2.24. The van der Waals surface area contributed by atoms with E-state index in [1.807, 2.05) is 18.2 Å². The number of methoxy groups -OCH3 is 1. The van der Waals surface area contributed by atoms with Gasteiger partial charge in [0.1, 0.15) is 5.75 Å². The third kappa shape index (κ3) is 3.35. The van der Waals surface area contributed by atoms with E-state index in [9.17, 15) is 5.11 Å². The lowest BCUT2D eigenvalue weighted by atomic mass is 10.1. The number of benzene rings is 2. The maximum atomic E-state index is 9.97. The monoisotopic (exact) mass is 288 g/mol. The molecule has 0 radical (unpaired) electrons. The van der Waals surface area contributed by atoms with Gasteiger partial charge in [0.2, 0.25) is 0 Å². The van der Waals surface area contributed by atoms with Crippen LogP contribution in [0.15, 0.2) is 47.4 Å². The molecule has 2 aromatic rings. The lowest BCUT2D eigenvalue weighted by molar-refractivity contribution is 0.191. The molecule has 0 unspecified atom stereocenters. The molecule has 20 heavy (non-hydrogen) atoms. The van der Waals surface area contributed by atoms with Gasteiger partial charge in [0.15, 0.2) is 0 Å². The van der Waals surface area contributed by atoms with E-state index in [2.05, 4.69) is 31.2 Å². The molecule has 1 atom stereocenters. The minimum absolute atomic E-state index is 0.537. The number of aryl methyl sites for hydroxylation is 1. The molecule has 0 aromatic heterocycles. The fourth-order valence-corrected chi connectivity index (χ4v) is 3.40. The minimum atomic E-state index is -0.537. The quantitative estimate of drug-likeness (QED) is 0.829. The van der Waals surface area contributed by atoms with Crippen molar-refractivity contribution in [1.82, 2.24) is 0 Å². The molecule has 0 spiro atoms. The SMILES string of the molecule is COc1cccc(SCc2ccccc2C)c1[C@H](C)O. The van der Waals surface area contributed by atoms with E-state index in [1.165, 1.54) is 11.1 Å². The zero-order chi connectivity index (χ0) is 14.5. The van der Waals surface area contributed by atoms with Crippen LogP contribution in [-0.4, -0.2) is 12.2 Å². The van der Waals surface area contributed by atoms with Crippen molar-refractivity contribution in [2.24, 2.45) is 0 Å². The Bertz CT molecular complexity index is 579. The highest BCUT2D eigenvalue weighted by molar-refractivity contribution is 7.98. The van der Waals surface area contributed by atoms with Crippen LogP contribution in [0.1, 0.15) is 29.7 Å². The summed E-state index contributed by atoms with van der Waals surface area (Å²) in [5.74, 6) is 1.63. The van der Waals surface area contributed by atoms with Crippen LogP contribution >= 0.6 is 11.8 Å². The average Bonchev–Trinajstić information content (AvgIpc) is 2.45. The lowest BCUT2D eigenvalue weighted by Gasteiger charge is -2.16. The fourth-order valence-electron chi connectivity index (χ4n) is 2.17. The highest BCUT2D eigenvalue weighted by Gasteiger charge is 2.14. The summed E-state index contributed by atoms with van der Waals surface area (Å²) in [5.41, 5.74) is 3.48. The van der Waals surface area contributed by atoms with E-state index in [0.29, 0.717) is 0 Å². The number of thioether (sulfide) groups is 1. The summed E-state index contributed by atoms with van der Waals surface area (Å²) in [6, 6.07) is 14.3. The Morgan fingerprint density at radius 1 is 1.15 bits per heavy atom. The van der Waals surface area contributed by atoms with Gasteiger partial charge in [-0.05, 0) is 37.1 Å². The number of rotatable bonds is 5. The van der Waals surface area contributed by atoms with Crippen molar-refractivity contribution >= 4 is 11.8 Å². The molecular weight excluding hydrogens is 268 g/mol. The van der Waals surface area contributed by atoms with Gasteiger partial charge in [0.25, 0.3) is 0 Å². The molecule has 1 N–H and O–H groups in total. The van der Waals surface area contributed by atoms with Crippen LogP contribution in [0.4, 0.5) is 0 Å². The van der Waals surface area contributed by atoms with E-state index in [-0.39, 0.29) is 0 Å². The molecule has 2 nitrogen and oxygen atoms in total. The van der Waals surface area contributed by atoms with Crippen LogP contribution in [0.25, 0.3) is 0 Å². The normalized spacial score (nSPS) is 12.2. The second-order valence-electron chi connectivity index (χ2n) is 4.76. The molecule has 0 heterocycles. The van der Waals surface area contributed by atoms with Gasteiger partial charge in [0, 0.05) is 16.2 Å². The second-order valence-corrected chi connectivity index (χ2v) is 5.78. The van der Waals surface area contributed by atoms with Crippen LogP contribution in [-0.2, 0) is 5.75 Å². The van der Waals surface area contributed by atoms with Crippen molar-refractivity contribution in [3.05, 3.63) is 59.2 Å². The third-order valence-electron chi connectivity index (χ3n) is 3.31. The molecule has 0 amide bonds. The highest BCUT2D eigenvalue weighted by Crippen LogP contribution is 2.36. The average molecular weight is 288 g/mol. The van der Waals surface area contributed by atoms with Gasteiger partial charge < -0.3 is 9.84 Å². The van der Waals surface area contributed by atoms with Crippen LogP contribution in [0.2, 0.25) is 0 Å². The number of aliphatic hydroxyl groups is 1. The molecule has 2 aromatic carbocycles. The number of hydrogen-bond acceptors (Lipinski definition) is 3. The Kier molecular flexibility index (Phi) is 5.10. The van der Waals surface area contributed by atoms with Gasteiger partial charge in [-0.2, -0.15) is 0 Å². The summed E-state index contributed by atoms with van der Waals surface area (Å²) in [7, 11) is 1.64. The van der Waals surface area contributed by atoms with Gasteiger partial charge >= 0.3 is 0 Å². The number of aliphatic hydroxyl groups excluding tert-OH is 1. The fraction of sp³-hybridized carbons (Fsp3) is 0.294. The maximum Gasteiger partial charge on any atom is 0.125 e. The van der Waals surface area contributed by atoms with Crippen LogP contribution in [0, 0.1) is 6.92 Å². The lowest BCUT2D eigenvalue weighted by Crippen LogP contribution is -1.99. The highest BCUT2D eigenvalue weighted by atomic mass is 32.2. The van der Waals surface area contributed by atoms with Crippen molar-refractivity contribution in [3.63, 3.8) is 0 Å². The molecule has 0 aliphatic carbocycles. The molecule has 0 saturated carbocycles. The summed E-state index contributed by atoms with van der Waals surface area (Å²) >= 11 is 1.73. The first-order chi connectivity index (χ1) is 9.63. The molecule has 106 valence electrons. The smallest absolute Gasteiger partial charge is 0.125 e. The summed E-state index contributed by atoms with van der Waals surface area (Å²) in [6.07, 6.45) is -0.537. The zero-order valence-electron chi connectivity index (χ0n) is 12.1. The number of ether oxygens (including phenoxy) is 1. The first-order valence-electron chi connectivity index (χ1n) is 6.65. The van der Waals surface area contributed by atoms with Crippen molar-refractivity contribution in [2.75, 3.05) is 7.11 Å². The third-order valence-corrected chi connectivity index (χ3v) is 4.43. The van der Waals surface area contributed by atoms with Crippen LogP contribution in [0.5, 0.6) is 5.75 Å². The predicted molar refractivity (Wildman–Crippen MR) is 84.4 cm³/mol. The largest absolute Gasteiger partial charge is 0.496 e. The summed E-state index contributed by atoms with van der Waals surface area (Å²) in [5, 5.41) is 9.97. The zero-order valence-corrected chi connectivity index (χ0v) is 12.9. The van der Waals surface area contributed by atoms with Crippen molar-refractivity contribution < 1.29 is 9.84 Å². The maximum absolute atomic E-state index is 9.97. The van der Waals surface area contributed by atoms with Crippen LogP contribution < -0.4 is 4.74 Å². The van der Waals surface area contributed by atoms with Gasteiger partial charge in [-0.1, -0.05) is 30.3 Å². The molecule has 0 bridgehead atoms. The molecule has 0 fully saturated rings. The van der Waals surface area contributed by atoms with Crippen molar-refractivity contribution in [2.45, 2.75) is 30.6 Å². The molecule has 3 heteroatoms. The molecule has 2 rings (SSSR count). The van der Waals surface area contributed by atoms with E-state index in [0.717, 1.165) is 22.0 Å². The van der Waals surface area contributed by atoms with Gasteiger partial charge in [0.05, 0.1) is 13.2 Å². The number of hydrogen-bond donors (Lipinski definition) is 1. The van der Waals surface area contributed by atoms with Crippen LogP contribution in [0.3, 0.4) is 0 Å². The standard InChI is InChI=1S/C17H20O2S/c1-12-7-4-5-8-14(12)11-20-16-10-6-9-15(19-3)17(16)13(2)18/h4-10,13,18H,11H2,1-3H3/t13-/m0/s1. The first-order valence-corrected chi connectivity index (χ1v) is 7.64. The summed E-state index contributed by atoms with van der Waals surface area (Å²) < 4.78 is 5.35. The molecule has 0 saturated heterocycles. The Morgan fingerprint density at radius 3 is 2.55 bits per heavy atom. The van der Waals surface area contributed by atoms with E-state index in [4.69, 9.17) is 4.74 Å². The van der Waals surface area contributed by atoms with Gasteiger partial charge in [-0.15, -0.1) is 11.8 Å². The topological polar surface area (TPSA) is 29.5 Å². The summed E-state index contributed by atoms with van der Waals surface area (Å²) in [6.45, 7) is 3.90. The minimum Gasteiger partial charge on any atom is -0.496 e. The molecule has 0 aliphatic heterocycles. The first kappa shape index (κ1) is 14.9. The van der Waals surface area contributed by atoms with Crippen molar-refractivity contribution in [3.8, 4) is 5.75 Å². The Labute approximate surface area is 124 Å².